The highest BCUT2D eigenvalue weighted by Gasteiger charge is 2.06. The van der Waals surface area contributed by atoms with Gasteiger partial charge >= 0.3 is 0 Å². The summed E-state index contributed by atoms with van der Waals surface area (Å²) < 4.78 is 10.7. The molecule has 23 heavy (non-hydrogen) atoms. The number of ether oxygens (including phenoxy) is 2. The van der Waals surface area contributed by atoms with Crippen LogP contribution in [0, 0.1) is 0 Å². The summed E-state index contributed by atoms with van der Waals surface area (Å²) in [6.45, 7) is 0.906. The lowest BCUT2D eigenvalue weighted by atomic mass is 10.0. The number of anilines is 1. The first kappa shape index (κ1) is 15.2. The van der Waals surface area contributed by atoms with E-state index in [1.54, 1.807) is 14.2 Å². The Balaban J connectivity index is 1.74. The SMILES string of the molecule is COc1cc2ccc(CCNc3ccccc3)cc2cc1OC. The van der Waals surface area contributed by atoms with Crippen molar-refractivity contribution in [1.82, 2.24) is 0 Å². The first-order chi connectivity index (χ1) is 11.3. The van der Waals surface area contributed by atoms with Crippen LogP contribution in [0.4, 0.5) is 5.69 Å². The molecule has 0 aromatic heterocycles. The van der Waals surface area contributed by atoms with Crippen LogP contribution in [-0.4, -0.2) is 20.8 Å². The zero-order valence-electron chi connectivity index (χ0n) is 13.5. The second kappa shape index (κ2) is 7.05. The van der Waals surface area contributed by atoms with Gasteiger partial charge in [0.05, 0.1) is 14.2 Å². The van der Waals surface area contributed by atoms with Crippen molar-refractivity contribution in [1.29, 1.82) is 0 Å². The average Bonchev–Trinajstić information content (AvgIpc) is 2.61. The predicted octanol–water partition coefficient (Wildman–Crippen LogP) is 4.51. The molecule has 0 saturated carbocycles. The number of hydrogen-bond acceptors (Lipinski definition) is 3. The van der Waals surface area contributed by atoms with Gasteiger partial charge in [-0.05, 0) is 47.0 Å². The van der Waals surface area contributed by atoms with Crippen molar-refractivity contribution in [3.63, 3.8) is 0 Å². The predicted molar refractivity (Wildman–Crippen MR) is 95.7 cm³/mol. The van der Waals surface area contributed by atoms with Crippen molar-refractivity contribution >= 4 is 16.5 Å². The van der Waals surface area contributed by atoms with Crippen molar-refractivity contribution in [3.8, 4) is 11.5 Å². The molecule has 3 aromatic rings. The highest BCUT2D eigenvalue weighted by molar-refractivity contribution is 5.86. The number of rotatable bonds is 6. The molecule has 0 aliphatic heterocycles. The number of benzene rings is 3. The smallest absolute Gasteiger partial charge is 0.161 e. The number of methoxy groups -OCH3 is 2. The fraction of sp³-hybridized carbons (Fsp3) is 0.200. The van der Waals surface area contributed by atoms with Crippen LogP contribution in [0.3, 0.4) is 0 Å². The molecule has 0 bridgehead atoms. The lowest BCUT2D eigenvalue weighted by Gasteiger charge is -2.11. The molecule has 3 rings (SSSR count). The zero-order chi connectivity index (χ0) is 16.1. The van der Waals surface area contributed by atoms with E-state index in [1.165, 1.54) is 10.9 Å². The van der Waals surface area contributed by atoms with E-state index >= 15 is 0 Å². The molecule has 0 saturated heterocycles. The minimum atomic E-state index is 0.762. The van der Waals surface area contributed by atoms with Gasteiger partial charge < -0.3 is 14.8 Å². The average molecular weight is 307 g/mol. The maximum absolute atomic E-state index is 5.39. The van der Waals surface area contributed by atoms with Gasteiger partial charge in [-0.25, -0.2) is 0 Å². The van der Waals surface area contributed by atoms with Crippen LogP contribution in [0.1, 0.15) is 5.56 Å². The van der Waals surface area contributed by atoms with Crippen molar-refractivity contribution < 1.29 is 9.47 Å². The highest BCUT2D eigenvalue weighted by Crippen LogP contribution is 2.32. The third kappa shape index (κ3) is 3.57. The molecule has 0 radical (unpaired) electrons. The fourth-order valence-corrected chi connectivity index (χ4v) is 2.69. The Morgan fingerprint density at radius 3 is 2.17 bits per heavy atom. The van der Waals surface area contributed by atoms with Gasteiger partial charge in [-0.2, -0.15) is 0 Å². The summed E-state index contributed by atoms with van der Waals surface area (Å²) in [6.07, 6.45) is 0.971. The Hall–Kier alpha value is -2.68. The number of fused-ring (bicyclic) bond motifs is 1. The minimum Gasteiger partial charge on any atom is -0.493 e. The Morgan fingerprint density at radius 2 is 1.48 bits per heavy atom. The number of hydrogen-bond donors (Lipinski definition) is 1. The maximum atomic E-state index is 5.39. The summed E-state index contributed by atoms with van der Waals surface area (Å²) in [5.41, 5.74) is 2.45. The summed E-state index contributed by atoms with van der Waals surface area (Å²) in [5, 5.41) is 5.76. The monoisotopic (exact) mass is 307 g/mol. The van der Waals surface area contributed by atoms with E-state index < -0.39 is 0 Å². The van der Waals surface area contributed by atoms with Crippen molar-refractivity contribution in [2.75, 3.05) is 26.1 Å². The van der Waals surface area contributed by atoms with Gasteiger partial charge in [0.25, 0.3) is 0 Å². The molecule has 118 valence electrons. The lowest BCUT2D eigenvalue weighted by molar-refractivity contribution is 0.356. The van der Waals surface area contributed by atoms with E-state index in [2.05, 4.69) is 35.6 Å². The molecular weight excluding hydrogens is 286 g/mol. The molecule has 0 unspecified atom stereocenters. The summed E-state index contributed by atoms with van der Waals surface area (Å²) in [5.74, 6) is 1.53. The molecule has 0 aliphatic carbocycles. The van der Waals surface area contributed by atoms with Crippen LogP contribution < -0.4 is 14.8 Å². The van der Waals surface area contributed by atoms with Gasteiger partial charge in [0.2, 0.25) is 0 Å². The van der Waals surface area contributed by atoms with Crippen LogP contribution in [0.2, 0.25) is 0 Å². The topological polar surface area (TPSA) is 30.5 Å². The summed E-state index contributed by atoms with van der Waals surface area (Å²) >= 11 is 0. The van der Waals surface area contributed by atoms with Gasteiger partial charge in [0, 0.05) is 12.2 Å². The van der Waals surface area contributed by atoms with Gasteiger partial charge in [0.1, 0.15) is 0 Å². The van der Waals surface area contributed by atoms with Crippen LogP contribution in [-0.2, 0) is 6.42 Å². The second-order valence-electron chi connectivity index (χ2n) is 5.43. The molecule has 0 amide bonds. The maximum Gasteiger partial charge on any atom is 0.161 e. The quantitative estimate of drug-likeness (QED) is 0.726. The molecule has 3 heteroatoms. The van der Waals surface area contributed by atoms with Gasteiger partial charge in [-0.3, -0.25) is 0 Å². The minimum absolute atomic E-state index is 0.762. The zero-order valence-corrected chi connectivity index (χ0v) is 13.5. The standard InChI is InChI=1S/C20H21NO2/c1-22-19-13-16-9-8-15(12-17(16)14-20(19)23-2)10-11-21-18-6-4-3-5-7-18/h3-9,12-14,21H,10-11H2,1-2H3. The highest BCUT2D eigenvalue weighted by atomic mass is 16.5. The van der Waals surface area contributed by atoms with E-state index in [4.69, 9.17) is 9.47 Å². The molecule has 3 aromatic carbocycles. The Kier molecular flexibility index (Phi) is 4.67. The van der Waals surface area contributed by atoms with Gasteiger partial charge in [-0.1, -0.05) is 36.4 Å². The molecule has 0 heterocycles. The summed E-state index contributed by atoms with van der Waals surface area (Å²) in [4.78, 5) is 0. The Morgan fingerprint density at radius 1 is 0.783 bits per heavy atom. The van der Waals surface area contributed by atoms with Gasteiger partial charge in [-0.15, -0.1) is 0 Å². The van der Waals surface area contributed by atoms with Crippen LogP contribution in [0.25, 0.3) is 10.8 Å². The molecule has 0 spiro atoms. The molecule has 0 atom stereocenters. The van der Waals surface area contributed by atoms with Crippen LogP contribution in [0.15, 0.2) is 60.7 Å². The van der Waals surface area contributed by atoms with Crippen LogP contribution in [0.5, 0.6) is 11.5 Å². The van der Waals surface area contributed by atoms with Crippen molar-refractivity contribution in [2.24, 2.45) is 0 Å². The van der Waals surface area contributed by atoms with E-state index in [0.717, 1.165) is 35.5 Å². The fourth-order valence-electron chi connectivity index (χ4n) is 2.69. The third-order valence-electron chi connectivity index (χ3n) is 3.92. The summed E-state index contributed by atoms with van der Waals surface area (Å²) in [7, 11) is 3.32. The first-order valence-corrected chi connectivity index (χ1v) is 7.74. The normalized spacial score (nSPS) is 10.5. The Labute approximate surface area is 136 Å². The van der Waals surface area contributed by atoms with E-state index in [1.807, 2.05) is 30.3 Å². The van der Waals surface area contributed by atoms with E-state index in [9.17, 15) is 0 Å². The van der Waals surface area contributed by atoms with E-state index in [-0.39, 0.29) is 0 Å². The largest absolute Gasteiger partial charge is 0.493 e. The second-order valence-corrected chi connectivity index (χ2v) is 5.43. The number of para-hydroxylation sites is 1. The first-order valence-electron chi connectivity index (χ1n) is 7.74. The van der Waals surface area contributed by atoms with Gasteiger partial charge in [0.15, 0.2) is 11.5 Å². The lowest BCUT2D eigenvalue weighted by Crippen LogP contribution is -2.04. The summed E-state index contributed by atoms with van der Waals surface area (Å²) in [6, 6.07) is 20.8. The van der Waals surface area contributed by atoms with E-state index in [0.29, 0.717) is 0 Å². The molecule has 0 aliphatic rings. The third-order valence-corrected chi connectivity index (χ3v) is 3.92. The molecular formula is C20H21NO2. The number of nitrogens with one attached hydrogen (secondary N) is 1. The molecule has 3 nitrogen and oxygen atoms in total. The van der Waals surface area contributed by atoms with Crippen LogP contribution >= 0.6 is 0 Å². The van der Waals surface area contributed by atoms with Crippen molar-refractivity contribution in [2.45, 2.75) is 6.42 Å². The van der Waals surface area contributed by atoms with Crippen molar-refractivity contribution in [3.05, 3.63) is 66.2 Å². The Bertz CT molecular complexity index is 784. The molecule has 0 fully saturated rings. The molecule has 1 N–H and O–H groups in total.